The van der Waals surface area contributed by atoms with Crippen LogP contribution < -0.4 is 10.5 Å². The van der Waals surface area contributed by atoms with Crippen molar-refractivity contribution in [2.45, 2.75) is 59.0 Å². The van der Waals surface area contributed by atoms with Gasteiger partial charge in [0.05, 0.1) is 6.61 Å². The molecule has 0 unspecified atom stereocenters. The van der Waals surface area contributed by atoms with E-state index in [1.807, 2.05) is 6.07 Å². The fourth-order valence-electron chi connectivity index (χ4n) is 2.10. The Bertz CT molecular complexity index is 432. The van der Waals surface area contributed by atoms with Crippen molar-refractivity contribution in [3.63, 3.8) is 0 Å². The molecule has 0 atom stereocenters. The Hall–Kier alpha value is -1.71. The number of benzene rings is 1. The molecule has 1 aromatic rings. The fraction of sp³-hybridized carbons (Fsp3) is 0.588. The van der Waals surface area contributed by atoms with E-state index >= 15 is 0 Å². The first kappa shape index (κ1) is 17.3. The third kappa shape index (κ3) is 7.59. The molecule has 1 aromatic carbocycles. The van der Waals surface area contributed by atoms with Crippen LogP contribution in [-0.4, -0.2) is 12.6 Å². The zero-order valence-electron chi connectivity index (χ0n) is 13.2. The lowest BCUT2D eigenvalue weighted by Gasteiger charge is -2.12. The molecule has 0 aliphatic heterocycles. The van der Waals surface area contributed by atoms with Crippen LogP contribution in [0, 0.1) is 0 Å². The summed E-state index contributed by atoms with van der Waals surface area (Å²) < 4.78 is 10.8. The van der Waals surface area contributed by atoms with Gasteiger partial charge in [0.25, 0.3) is 0 Å². The topological polar surface area (TPSA) is 61.6 Å². The monoisotopic (exact) mass is 293 g/mol. The Morgan fingerprint density at radius 1 is 1.14 bits per heavy atom. The highest BCUT2D eigenvalue weighted by molar-refractivity contribution is 5.66. The third-order valence-corrected chi connectivity index (χ3v) is 3.27. The summed E-state index contributed by atoms with van der Waals surface area (Å²) in [7, 11) is 0. The molecule has 0 amide bonds. The largest absolute Gasteiger partial charge is 0.493 e. The van der Waals surface area contributed by atoms with Crippen molar-refractivity contribution in [2.75, 3.05) is 12.3 Å². The van der Waals surface area contributed by atoms with Gasteiger partial charge in [-0.05, 0) is 24.6 Å². The predicted octanol–water partition coefficient (Wildman–Crippen LogP) is 4.07. The number of anilines is 1. The van der Waals surface area contributed by atoms with Crippen LogP contribution in [0.15, 0.2) is 18.2 Å². The van der Waals surface area contributed by atoms with Crippen molar-refractivity contribution in [3.8, 4) is 5.75 Å². The Morgan fingerprint density at radius 2 is 1.86 bits per heavy atom. The van der Waals surface area contributed by atoms with Crippen molar-refractivity contribution < 1.29 is 14.3 Å². The second-order valence-electron chi connectivity index (χ2n) is 5.26. The van der Waals surface area contributed by atoms with Crippen LogP contribution in [-0.2, 0) is 16.1 Å². The molecule has 4 nitrogen and oxygen atoms in total. The van der Waals surface area contributed by atoms with Gasteiger partial charge >= 0.3 is 5.97 Å². The highest BCUT2D eigenvalue weighted by Gasteiger charge is 2.06. The van der Waals surface area contributed by atoms with Gasteiger partial charge in [-0.3, -0.25) is 4.79 Å². The van der Waals surface area contributed by atoms with E-state index in [4.69, 9.17) is 15.2 Å². The average molecular weight is 293 g/mol. The SMILES string of the molecule is CCCCCCCCOc1ccc(N)cc1COC(C)=O. The van der Waals surface area contributed by atoms with Gasteiger partial charge in [-0.2, -0.15) is 0 Å². The smallest absolute Gasteiger partial charge is 0.302 e. The number of esters is 1. The van der Waals surface area contributed by atoms with Crippen LogP contribution in [0.25, 0.3) is 0 Å². The summed E-state index contributed by atoms with van der Waals surface area (Å²) in [5.41, 5.74) is 7.22. The highest BCUT2D eigenvalue weighted by Crippen LogP contribution is 2.23. The molecule has 1 rings (SSSR count). The Labute approximate surface area is 127 Å². The van der Waals surface area contributed by atoms with E-state index in [0.29, 0.717) is 12.3 Å². The third-order valence-electron chi connectivity index (χ3n) is 3.27. The van der Waals surface area contributed by atoms with Crippen LogP contribution >= 0.6 is 0 Å². The molecule has 0 radical (unpaired) electrons. The van der Waals surface area contributed by atoms with Gasteiger partial charge in [0, 0.05) is 18.2 Å². The van der Waals surface area contributed by atoms with Gasteiger partial charge in [0.2, 0.25) is 0 Å². The summed E-state index contributed by atoms with van der Waals surface area (Å²) in [5.74, 6) is 0.443. The molecular weight excluding hydrogens is 266 g/mol. The molecule has 0 spiro atoms. The summed E-state index contributed by atoms with van der Waals surface area (Å²) in [4.78, 5) is 10.9. The maximum Gasteiger partial charge on any atom is 0.302 e. The molecule has 0 saturated carbocycles. The number of carbonyl (C=O) groups is 1. The normalized spacial score (nSPS) is 10.4. The van der Waals surface area contributed by atoms with Crippen LogP contribution in [0.1, 0.15) is 57.9 Å². The minimum absolute atomic E-state index is 0.201. The summed E-state index contributed by atoms with van der Waals surface area (Å²) in [6.45, 7) is 4.49. The van der Waals surface area contributed by atoms with E-state index in [2.05, 4.69) is 6.92 Å². The quantitative estimate of drug-likeness (QED) is 0.401. The van der Waals surface area contributed by atoms with E-state index in [9.17, 15) is 4.79 Å². The lowest BCUT2D eigenvalue weighted by molar-refractivity contribution is -0.142. The second kappa shape index (κ2) is 10.1. The van der Waals surface area contributed by atoms with Crippen LogP contribution in [0.5, 0.6) is 5.75 Å². The van der Waals surface area contributed by atoms with Crippen LogP contribution in [0.4, 0.5) is 5.69 Å². The van der Waals surface area contributed by atoms with Gasteiger partial charge in [-0.15, -0.1) is 0 Å². The van der Waals surface area contributed by atoms with E-state index in [-0.39, 0.29) is 12.6 Å². The summed E-state index contributed by atoms with van der Waals surface area (Å²) >= 11 is 0. The van der Waals surface area contributed by atoms with Crippen molar-refractivity contribution >= 4 is 11.7 Å². The Kier molecular flexibility index (Phi) is 8.32. The Morgan fingerprint density at radius 3 is 2.57 bits per heavy atom. The maximum atomic E-state index is 10.9. The number of hydrogen-bond acceptors (Lipinski definition) is 4. The van der Waals surface area contributed by atoms with Crippen molar-refractivity contribution in [3.05, 3.63) is 23.8 Å². The number of nitrogen functional groups attached to an aromatic ring is 1. The number of unbranched alkanes of at least 4 members (excludes halogenated alkanes) is 5. The lowest BCUT2D eigenvalue weighted by atomic mass is 10.1. The number of carbonyl (C=O) groups excluding carboxylic acids is 1. The standard InChI is InChI=1S/C17H27NO3/c1-3-4-5-6-7-8-11-20-17-10-9-16(18)12-15(17)13-21-14(2)19/h9-10,12H,3-8,11,13,18H2,1-2H3. The summed E-state index contributed by atoms with van der Waals surface area (Å²) in [5, 5.41) is 0. The van der Waals surface area contributed by atoms with Gasteiger partial charge < -0.3 is 15.2 Å². The van der Waals surface area contributed by atoms with Gasteiger partial charge in [0.1, 0.15) is 12.4 Å². The van der Waals surface area contributed by atoms with Gasteiger partial charge in [-0.1, -0.05) is 39.0 Å². The molecule has 0 saturated heterocycles. The first-order valence-electron chi connectivity index (χ1n) is 7.78. The van der Waals surface area contributed by atoms with E-state index in [1.54, 1.807) is 12.1 Å². The van der Waals surface area contributed by atoms with E-state index < -0.39 is 0 Å². The number of hydrogen-bond donors (Lipinski definition) is 1. The van der Waals surface area contributed by atoms with Gasteiger partial charge in [0.15, 0.2) is 0 Å². The zero-order chi connectivity index (χ0) is 15.5. The molecule has 0 bridgehead atoms. The number of rotatable bonds is 10. The number of nitrogens with two attached hydrogens (primary N) is 1. The summed E-state index contributed by atoms with van der Waals surface area (Å²) in [6.07, 6.45) is 7.37. The first-order valence-corrected chi connectivity index (χ1v) is 7.78. The molecule has 2 N–H and O–H groups in total. The van der Waals surface area contributed by atoms with Crippen molar-refractivity contribution in [1.82, 2.24) is 0 Å². The summed E-state index contributed by atoms with van der Waals surface area (Å²) in [6, 6.07) is 5.43. The zero-order valence-corrected chi connectivity index (χ0v) is 13.2. The predicted molar refractivity (Wildman–Crippen MR) is 85.2 cm³/mol. The lowest BCUT2D eigenvalue weighted by Crippen LogP contribution is -2.04. The molecule has 0 aliphatic carbocycles. The Balaban J connectivity index is 2.37. The van der Waals surface area contributed by atoms with Gasteiger partial charge in [-0.25, -0.2) is 0 Å². The molecule has 0 fully saturated rings. The maximum absolute atomic E-state index is 10.9. The van der Waals surface area contributed by atoms with Crippen LogP contribution in [0.3, 0.4) is 0 Å². The second-order valence-corrected chi connectivity index (χ2v) is 5.26. The molecule has 4 heteroatoms. The van der Waals surface area contributed by atoms with Crippen LogP contribution in [0.2, 0.25) is 0 Å². The van der Waals surface area contributed by atoms with E-state index in [1.165, 1.54) is 39.0 Å². The highest BCUT2D eigenvalue weighted by atomic mass is 16.5. The molecule has 21 heavy (non-hydrogen) atoms. The van der Waals surface area contributed by atoms with Crippen molar-refractivity contribution in [1.29, 1.82) is 0 Å². The number of ether oxygens (including phenoxy) is 2. The molecular formula is C17H27NO3. The molecule has 0 aromatic heterocycles. The molecule has 0 aliphatic rings. The van der Waals surface area contributed by atoms with Crippen molar-refractivity contribution in [2.24, 2.45) is 0 Å². The first-order chi connectivity index (χ1) is 10.1. The minimum Gasteiger partial charge on any atom is -0.493 e. The van der Waals surface area contributed by atoms with E-state index in [0.717, 1.165) is 17.7 Å². The molecule has 0 heterocycles. The minimum atomic E-state index is -0.306. The average Bonchev–Trinajstić information content (AvgIpc) is 2.45. The molecule has 118 valence electrons. The fourth-order valence-corrected chi connectivity index (χ4v) is 2.10.